The molecule has 1 aliphatic rings. The van der Waals surface area contributed by atoms with Crippen LogP contribution in [0.2, 0.25) is 0 Å². The normalized spacial score (nSPS) is 15.2. The first kappa shape index (κ1) is 22.5. The summed E-state index contributed by atoms with van der Waals surface area (Å²) >= 11 is 3.06. The zero-order valence-corrected chi connectivity index (χ0v) is 18.8. The third-order valence-electron chi connectivity index (χ3n) is 4.78. The summed E-state index contributed by atoms with van der Waals surface area (Å²) in [6.45, 7) is 6.46. The quantitative estimate of drug-likeness (QED) is 0.551. The van der Waals surface area contributed by atoms with Crippen molar-refractivity contribution in [2.45, 2.75) is 51.7 Å². The van der Waals surface area contributed by atoms with Gasteiger partial charge in [0.1, 0.15) is 23.8 Å². The minimum Gasteiger partial charge on any atom is -0.473 e. The van der Waals surface area contributed by atoms with Crippen molar-refractivity contribution < 1.29 is 23.0 Å². The van der Waals surface area contributed by atoms with Crippen LogP contribution in [0.15, 0.2) is 34.8 Å². The van der Waals surface area contributed by atoms with E-state index >= 15 is 0 Å². The Balaban J connectivity index is 1.59. The fraction of sp³-hybridized carbons (Fsp3) is 0.455. The van der Waals surface area contributed by atoms with E-state index < -0.39 is 17.2 Å². The number of pyridine rings is 1. The van der Waals surface area contributed by atoms with Gasteiger partial charge in [0.25, 0.3) is 0 Å². The molecule has 1 aliphatic heterocycles. The number of hydrogen-bond donors (Lipinski definition) is 0. The number of carbonyl (C=O) groups is 1. The predicted molar refractivity (Wildman–Crippen MR) is 112 cm³/mol. The van der Waals surface area contributed by atoms with Crippen LogP contribution in [0.1, 0.15) is 50.8 Å². The molecule has 1 aromatic carbocycles. The minimum absolute atomic E-state index is 0.143. The average molecular weight is 483 g/mol. The van der Waals surface area contributed by atoms with Crippen molar-refractivity contribution in [3.63, 3.8) is 0 Å². The molecule has 1 saturated heterocycles. The van der Waals surface area contributed by atoms with E-state index in [4.69, 9.17) is 9.47 Å². The molecule has 5 nitrogen and oxygen atoms in total. The van der Waals surface area contributed by atoms with Gasteiger partial charge < -0.3 is 14.4 Å². The Bertz CT molecular complexity index is 886. The van der Waals surface area contributed by atoms with Crippen LogP contribution < -0.4 is 4.74 Å². The van der Waals surface area contributed by atoms with Gasteiger partial charge in [-0.2, -0.15) is 0 Å². The number of ether oxygens (including phenoxy) is 2. The Labute approximate surface area is 183 Å². The van der Waals surface area contributed by atoms with Crippen LogP contribution in [-0.4, -0.2) is 34.7 Å². The van der Waals surface area contributed by atoms with Crippen molar-refractivity contribution in [2.75, 3.05) is 13.1 Å². The van der Waals surface area contributed by atoms with Crippen LogP contribution in [0.3, 0.4) is 0 Å². The van der Waals surface area contributed by atoms with Crippen LogP contribution in [-0.2, 0) is 11.3 Å². The molecule has 0 saturated carbocycles. The maximum Gasteiger partial charge on any atom is 0.410 e. The molecule has 1 aromatic heterocycles. The van der Waals surface area contributed by atoms with Crippen LogP contribution in [0, 0.1) is 11.6 Å². The average Bonchev–Trinajstić information content (AvgIpc) is 2.66. The highest BCUT2D eigenvalue weighted by Gasteiger charge is 2.28. The Morgan fingerprint density at radius 3 is 2.43 bits per heavy atom. The zero-order chi connectivity index (χ0) is 21.9. The Kier molecular flexibility index (Phi) is 6.95. The van der Waals surface area contributed by atoms with E-state index in [-0.39, 0.29) is 24.2 Å². The lowest BCUT2D eigenvalue weighted by atomic mass is 9.93. The highest BCUT2D eigenvalue weighted by Crippen LogP contribution is 2.29. The summed E-state index contributed by atoms with van der Waals surface area (Å²) in [4.78, 5) is 18.4. The number of piperidine rings is 1. The van der Waals surface area contributed by atoms with Gasteiger partial charge in [-0.1, -0.05) is 22.0 Å². The van der Waals surface area contributed by atoms with E-state index in [0.29, 0.717) is 23.4 Å². The van der Waals surface area contributed by atoms with Gasteiger partial charge in [0.05, 0.1) is 5.56 Å². The summed E-state index contributed by atoms with van der Waals surface area (Å²) < 4.78 is 39.3. The van der Waals surface area contributed by atoms with Gasteiger partial charge in [-0.3, -0.25) is 0 Å². The number of amides is 1. The van der Waals surface area contributed by atoms with E-state index in [1.165, 1.54) is 12.1 Å². The molecule has 0 bridgehead atoms. The first-order valence-electron chi connectivity index (χ1n) is 9.83. The number of rotatable bonds is 4. The van der Waals surface area contributed by atoms with E-state index in [0.717, 1.165) is 18.5 Å². The van der Waals surface area contributed by atoms with Gasteiger partial charge in [-0.05, 0) is 51.8 Å². The molecular weight excluding hydrogens is 458 g/mol. The summed E-state index contributed by atoms with van der Waals surface area (Å²) in [6.07, 6.45) is 1.21. The summed E-state index contributed by atoms with van der Waals surface area (Å²) in [5, 5.41) is 0. The smallest absolute Gasteiger partial charge is 0.410 e. The molecule has 0 atom stereocenters. The molecule has 2 heterocycles. The number of nitrogens with zero attached hydrogens (tertiary/aromatic N) is 2. The number of carbonyl (C=O) groups excluding carboxylic acids is 1. The number of halogens is 3. The van der Waals surface area contributed by atoms with Crippen LogP contribution in [0.4, 0.5) is 13.6 Å². The Morgan fingerprint density at radius 1 is 1.20 bits per heavy atom. The number of hydrogen-bond acceptors (Lipinski definition) is 4. The summed E-state index contributed by atoms with van der Waals surface area (Å²) in [6, 6.07) is 7.77. The summed E-state index contributed by atoms with van der Waals surface area (Å²) in [5.41, 5.74) is 0.179. The molecule has 2 aromatic rings. The maximum absolute atomic E-state index is 14.0. The fourth-order valence-corrected chi connectivity index (χ4v) is 3.68. The zero-order valence-electron chi connectivity index (χ0n) is 17.3. The molecule has 0 unspecified atom stereocenters. The third kappa shape index (κ3) is 5.90. The fourth-order valence-electron chi connectivity index (χ4n) is 3.28. The SMILES string of the molecule is CC(C)(C)OC(=O)N1CCC(c2cccc(OCc3c(F)cc(Br)cc3F)n2)CC1. The van der Waals surface area contributed by atoms with Gasteiger partial charge in [0.15, 0.2) is 0 Å². The maximum atomic E-state index is 14.0. The summed E-state index contributed by atoms with van der Waals surface area (Å²) in [7, 11) is 0. The van der Waals surface area contributed by atoms with Gasteiger partial charge in [0.2, 0.25) is 5.88 Å². The minimum atomic E-state index is -0.674. The van der Waals surface area contributed by atoms with Gasteiger partial charge in [0, 0.05) is 35.2 Å². The molecule has 0 aliphatic carbocycles. The van der Waals surface area contributed by atoms with Crippen molar-refractivity contribution in [3.8, 4) is 5.88 Å². The molecule has 162 valence electrons. The van der Waals surface area contributed by atoms with E-state index in [1.54, 1.807) is 11.0 Å². The first-order valence-corrected chi connectivity index (χ1v) is 10.6. The lowest BCUT2D eigenvalue weighted by molar-refractivity contribution is 0.0204. The topological polar surface area (TPSA) is 51.7 Å². The van der Waals surface area contributed by atoms with Gasteiger partial charge in [-0.25, -0.2) is 18.6 Å². The van der Waals surface area contributed by atoms with Gasteiger partial charge >= 0.3 is 6.09 Å². The van der Waals surface area contributed by atoms with Crippen molar-refractivity contribution >= 4 is 22.0 Å². The second kappa shape index (κ2) is 9.29. The van der Waals surface area contributed by atoms with Gasteiger partial charge in [-0.15, -0.1) is 0 Å². The predicted octanol–water partition coefficient (Wildman–Crippen LogP) is 5.82. The van der Waals surface area contributed by atoms with Crippen molar-refractivity contribution in [2.24, 2.45) is 0 Å². The molecular formula is C22H25BrF2N2O3. The lowest BCUT2D eigenvalue weighted by Gasteiger charge is -2.33. The van der Waals surface area contributed by atoms with E-state index in [1.807, 2.05) is 32.9 Å². The molecule has 1 fully saturated rings. The largest absolute Gasteiger partial charge is 0.473 e. The molecule has 1 amide bonds. The molecule has 30 heavy (non-hydrogen) atoms. The standard InChI is InChI=1S/C22H25BrF2N2O3/c1-22(2,3)30-21(28)27-9-7-14(8-10-27)19-5-4-6-20(26-19)29-13-16-17(24)11-15(23)12-18(16)25/h4-6,11-12,14H,7-10,13H2,1-3H3. The van der Waals surface area contributed by atoms with E-state index in [2.05, 4.69) is 20.9 Å². The summed E-state index contributed by atoms with van der Waals surface area (Å²) in [5.74, 6) is -0.864. The molecule has 0 radical (unpaired) electrons. The van der Waals surface area contributed by atoms with Crippen LogP contribution in [0.25, 0.3) is 0 Å². The molecule has 0 N–H and O–H groups in total. The van der Waals surface area contributed by atoms with Crippen LogP contribution in [0.5, 0.6) is 5.88 Å². The number of likely N-dealkylation sites (tertiary alicyclic amines) is 1. The van der Waals surface area contributed by atoms with E-state index in [9.17, 15) is 13.6 Å². The monoisotopic (exact) mass is 482 g/mol. The highest BCUT2D eigenvalue weighted by atomic mass is 79.9. The second-order valence-corrected chi connectivity index (χ2v) is 9.19. The third-order valence-corrected chi connectivity index (χ3v) is 5.24. The molecule has 3 rings (SSSR count). The van der Waals surface area contributed by atoms with Crippen molar-refractivity contribution in [1.29, 1.82) is 0 Å². The molecule has 8 heteroatoms. The Hall–Kier alpha value is -2.22. The lowest BCUT2D eigenvalue weighted by Crippen LogP contribution is -2.41. The van der Waals surface area contributed by atoms with Crippen molar-refractivity contribution in [1.82, 2.24) is 9.88 Å². The van der Waals surface area contributed by atoms with Crippen LogP contribution >= 0.6 is 15.9 Å². The second-order valence-electron chi connectivity index (χ2n) is 8.28. The number of benzene rings is 1. The molecule has 0 spiro atoms. The number of aromatic nitrogens is 1. The first-order chi connectivity index (χ1) is 14.1. The van der Waals surface area contributed by atoms with Crippen molar-refractivity contribution in [3.05, 3.63) is 57.7 Å². The highest BCUT2D eigenvalue weighted by molar-refractivity contribution is 9.10. The Morgan fingerprint density at radius 2 is 1.83 bits per heavy atom.